The number of hydrogen-bond donors (Lipinski definition) is 3. The van der Waals surface area contributed by atoms with Gasteiger partial charge in [-0.05, 0) is 67.3 Å². The van der Waals surface area contributed by atoms with Gasteiger partial charge in [0.1, 0.15) is 11.9 Å². The molecule has 3 aromatic carbocycles. The zero-order valence-electron chi connectivity index (χ0n) is 21.5. The summed E-state index contributed by atoms with van der Waals surface area (Å²) >= 11 is 1.28. The van der Waals surface area contributed by atoms with Crippen LogP contribution in [0.4, 0.5) is 16.0 Å². The number of amides is 1. The van der Waals surface area contributed by atoms with Crippen molar-refractivity contribution in [2.75, 3.05) is 10.6 Å². The zero-order chi connectivity index (χ0) is 27.7. The third-order valence-corrected chi connectivity index (χ3v) is 7.61. The van der Waals surface area contributed by atoms with Gasteiger partial charge in [0.25, 0.3) is 5.91 Å². The largest absolute Gasteiger partial charge is 0.478 e. The summed E-state index contributed by atoms with van der Waals surface area (Å²) in [5.74, 6) is -0.895. The lowest BCUT2D eigenvalue weighted by molar-refractivity contribution is -0.113. The minimum atomic E-state index is -1.04. The minimum absolute atomic E-state index is 0.134. The molecule has 0 bridgehead atoms. The number of halogens is 1. The number of carboxylic acid groups (broad SMARTS) is 1. The van der Waals surface area contributed by atoms with E-state index in [0.717, 1.165) is 11.1 Å². The van der Waals surface area contributed by atoms with Crippen molar-refractivity contribution in [3.05, 3.63) is 112 Å². The van der Waals surface area contributed by atoms with E-state index < -0.39 is 12.0 Å². The number of thioether (sulfide) groups is 1. The summed E-state index contributed by atoms with van der Waals surface area (Å²) < 4.78 is 15.8. The Bertz CT molecular complexity index is 1610. The standard InChI is InChI=1S/C29H26FN5O3S/c1-16-7-6-10-23(17(16)2)32-26(36)24-18(3)31-28-33-29(39-15-21-8-4-5-9-22(21)30)34-35(28)25(24)19-11-13-20(14-12-19)27(37)38/h4-14,25H,15H2,1-3H3,(H,32,36)(H,37,38)(H,31,33,34). The number of nitrogens with one attached hydrogen (secondary N) is 2. The van der Waals surface area contributed by atoms with Crippen LogP contribution in [0.3, 0.4) is 0 Å². The predicted molar refractivity (Wildman–Crippen MR) is 148 cm³/mol. The molecule has 1 aliphatic rings. The number of aromatic nitrogens is 3. The Labute approximate surface area is 229 Å². The van der Waals surface area contributed by atoms with Crippen LogP contribution in [0.15, 0.2) is 83.2 Å². The fourth-order valence-corrected chi connectivity index (χ4v) is 5.25. The van der Waals surface area contributed by atoms with Gasteiger partial charge in [-0.15, -0.1) is 5.10 Å². The Morgan fingerprint density at radius 3 is 2.51 bits per heavy atom. The Hall–Kier alpha value is -4.44. The highest BCUT2D eigenvalue weighted by Gasteiger charge is 2.34. The smallest absolute Gasteiger partial charge is 0.335 e. The second-order valence-electron chi connectivity index (χ2n) is 9.24. The second-order valence-corrected chi connectivity index (χ2v) is 10.2. The van der Waals surface area contributed by atoms with Crippen LogP contribution in [0.2, 0.25) is 0 Å². The lowest BCUT2D eigenvalue weighted by Crippen LogP contribution is -2.31. The number of fused-ring (bicyclic) bond motifs is 1. The van der Waals surface area contributed by atoms with Gasteiger partial charge in [-0.2, -0.15) is 4.98 Å². The number of hydrogen-bond acceptors (Lipinski definition) is 6. The minimum Gasteiger partial charge on any atom is -0.478 e. The monoisotopic (exact) mass is 543 g/mol. The summed E-state index contributed by atoms with van der Waals surface area (Å²) in [6.07, 6.45) is 0. The Morgan fingerprint density at radius 1 is 1.05 bits per heavy atom. The molecule has 10 heteroatoms. The molecule has 198 valence electrons. The number of benzene rings is 3. The van der Waals surface area contributed by atoms with Crippen LogP contribution in [0.5, 0.6) is 0 Å². The molecule has 1 aliphatic heterocycles. The molecule has 39 heavy (non-hydrogen) atoms. The number of aromatic carboxylic acids is 1. The molecule has 3 N–H and O–H groups in total. The summed E-state index contributed by atoms with van der Waals surface area (Å²) in [6.45, 7) is 5.72. The molecular formula is C29H26FN5O3S. The summed E-state index contributed by atoms with van der Waals surface area (Å²) in [5, 5.41) is 20.7. The van der Waals surface area contributed by atoms with Gasteiger partial charge in [-0.1, -0.05) is 54.2 Å². The second kappa shape index (κ2) is 10.7. The molecule has 0 fully saturated rings. The number of nitrogens with zero attached hydrogens (tertiary/aromatic N) is 3. The van der Waals surface area contributed by atoms with Crippen molar-refractivity contribution in [1.29, 1.82) is 0 Å². The molecule has 5 rings (SSSR count). The predicted octanol–water partition coefficient (Wildman–Crippen LogP) is 5.95. The zero-order valence-corrected chi connectivity index (χ0v) is 22.3. The normalized spacial score (nSPS) is 14.5. The maximum absolute atomic E-state index is 14.2. The van der Waals surface area contributed by atoms with E-state index in [4.69, 9.17) is 0 Å². The van der Waals surface area contributed by atoms with E-state index in [-0.39, 0.29) is 17.3 Å². The van der Waals surface area contributed by atoms with Crippen molar-refractivity contribution in [2.45, 2.75) is 37.7 Å². The fourth-order valence-electron chi connectivity index (χ4n) is 4.44. The number of carbonyl (C=O) groups is 2. The van der Waals surface area contributed by atoms with Crippen LogP contribution >= 0.6 is 11.8 Å². The first kappa shape index (κ1) is 26.2. The van der Waals surface area contributed by atoms with Crippen molar-refractivity contribution in [3.63, 3.8) is 0 Å². The van der Waals surface area contributed by atoms with Gasteiger partial charge in [0.15, 0.2) is 0 Å². The van der Waals surface area contributed by atoms with Crippen molar-refractivity contribution in [3.8, 4) is 0 Å². The first-order chi connectivity index (χ1) is 18.7. The van der Waals surface area contributed by atoms with Gasteiger partial charge < -0.3 is 15.7 Å². The topological polar surface area (TPSA) is 109 Å². The van der Waals surface area contributed by atoms with Crippen LogP contribution in [-0.2, 0) is 10.5 Å². The maximum atomic E-state index is 14.2. The van der Waals surface area contributed by atoms with Crippen molar-refractivity contribution >= 4 is 35.3 Å². The molecule has 0 saturated carbocycles. The molecule has 1 atom stereocenters. The van der Waals surface area contributed by atoms with Crippen LogP contribution in [0.1, 0.15) is 45.6 Å². The van der Waals surface area contributed by atoms with Crippen LogP contribution in [0.25, 0.3) is 0 Å². The highest BCUT2D eigenvalue weighted by Crippen LogP contribution is 2.37. The summed E-state index contributed by atoms with van der Waals surface area (Å²) in [6, 6.07) is 17.9. The molecule has 1 amide bonds. The summed E-state index contributed by atoms with van der Waals surface area (Å²) in [4.78, 5) is 29.8. The van der Waals surface area contributed by atoms with Gasteiger partial charge in [0.05, 0.1) is 11.1 Å². The molecule has 0 saturated heterocycles. The SMILES string of the molecule is CC1=C(C(=O)Nc2cccc(C)c2C)C(c2ccc(C(=O)O)cc2)n2nc(SCc3ccccc3F)nc2N1. The van der Waals surface area contributed by atoms with Gasteiger partial charge in [-0.3, -0.25) is 4.79 Å². The van der Waals surface area contributed by atoms with E-state index in [1.54, 1.807) is 41.9 Å². The number of aryl methyl sites for hydroxylation is 1. The van der Waals surface area contributed by atoms with E-state index >= 15 is 0 Å². The molecule has 1 aromatic heterocycles. The molecule has 2 heterocycles. The van der Waals surface area contributed by atoms with Gasteiger partial charge in [0.2, 0.25) is 11.1 Å². The van der Waals surface area contributed by atoms with Crippen LogP contribution in [-0.4, -0.2) is 31.7 Å². The highest BCUT2D eigenvalue weighted by atomic mass is 32.2. The number of carboxylic acids is 1. The lowest BCUT2D eigenvalue weighted by atomic mass is 9.94. The molecule has 0 spiro atoms. The van der Waals surface area contributed by atoms with Crippen LogP contribution < -0.4 is 10.6 Å². The fraction of sp³-hybridized carbons (Fsp3) is 0.172. The van der Waals surface area contributed by atoms with E-state index in [1.807, 2.05) is 32.0 Å². The van der Waals surface area contributed by atoms with Crippen LogP contribution in [0, 0.1) is 19.7 Å². The van der Waals surface area contributed by atoms with Gasteiger partial charge in [-0.25, -0.2) is 13.9 Å². The van der Waals surface area contributed by atoms with E-state index in [9.17, 15) is 19.1 Å². The number of allylic oxidation sites excluding steroid dienone is 1. The summed E-state index contributed by atoms with van der Waals surface area (Å²) in [7, 11) is 0. The van der Waals surface area contributed by atoms with Crippen molar-refractivity contribution < 1.29 is 19.1 Å². The molecule has 0 aliphatic carbocycles. The first-order valence-corrected chi connectivity index (χ1v) is 13.2. The van der Waals surface area contributed by atoms with Crippen molar-refractivity contribution in [1.82, 2.24) is 14.8 Å². The maximum Gasteiger partial charge on any atom is 0.335 e. The van der Waals surface area contributed by atoms with Gasteiger partial charge in [0, 0.05) is 17.1 Å². The van der Waals surface area contributed by atoms with Crippen molar-refractivity contribution in [2.24, 2.45) is 0 Å². The Balaban J connectivity index is 1.52. The van der Waals surface area contributed by atoms with E-state index in [0.29, 0.717) is 44.9 Å². The molecular weight excluding hydrogens is 517 g/mol. The quantitative estimate of drug-likeness (QED) is 0.247. The Kier molecular flexibility index (Phi) is 7.21. The average Bonchev–Trinajstić information content (AvgIpc) is 3.32. The third-order valence-electron chi connectivity index (χ3n) is 6.72. The first-order valence-electron chi connectivity index (χ1n) is 12.2. The molecule has 0 radical (unpaired) electrons. The highest BCUT2D eigenvalue weighted by molar-refractivity contribution is 7.98. The molecule has 4 aromatic rings. The third kappa shape index (κ3) is 5.28. The molecule has 8 nitrogen and oxygen atoms in total. The molecule has 1 unspecified atom stereocenters. The summed E-state index contributed by atoms with van der Waals surface area (Å²) in [5.41, 5.74) is 5.06. The van der Waals surface area contributed by atoms with E-state index in [1.165, 1.54) is 30.0 Å². The number of rotatable bonds is 7. The number of carbonyl (C=O) groups excluding carboxylic acids is 1. The number of anilines is 2. The lowest BCUT2D eigenvalue weighted by Gasteiger charge is -2.29. The van der Waals surface area contributed by atoms with Gasteiger partial charge >= 0.3 is 5.97 Å². The van der Waals surface area contributed by atoms with E-state index in [2.05, 4.69) is 20.7 Å². The Morgan fingerprint density at radius 2 is 1.79 bits per heavy atom. The average molecular weight is 544 g/mol.